The third kappa shape index (κ3) is 3.93. The zero-order chi connectivity index (χ0) is 21.7. The molecule has 1 aromatic rings. The van der Waals surface area contributed by atoms with Crippen LogP contribution in [0.5, 0.6) is 0 Å². The smallest absolute Gasteiger partial charge is 0.334 e. The van der Waals surface area contributed by atoms with Crippen LogP contribution in [-0.4, -0.2) is 55.4 Å². The van der Waals surface area contributed by atoms with E-state index in [1.807, 2.05) is 0 Å². The highest BCUT2D eigenvalue weighted by molar-refractivity contribution is 7.92. The number of benzene rings is 1. The summed E-state index contributed by atoms with van der Waals surface area (Å²) < 4.78 is 63.0. The normalized spacial score (nSPS) is 20.9. The number of hydrogen-bond donors (Lipinski definition) is 1. The van der Waals surface area contributed by atoms with Gasteiger partial charge in [0.15, 0.2) is 9.84 Å². The van der Waals surface area contributed by atoms with Gasteiger partial charge in [0.1, 0.15) is 5.75 Å². The van der Waals surface area contributed by atoms with Gasteiger partial charge in [0, 0.05) is 18.8 Å². The molecular weight excluding hydrogens is 421 g/mol. The molecule has 2 aliphatic carbocycles. The van der Waals surface area contributed by atoms with Gasteiger partial charge in [-0.25, -0.2) is 8.42 Å². The second-order valence-electron chi connectivity index (χ2n) is 8.25. The first-order chi connectivity index (χ1) is 14.1. The van der Waals surface area contributed by atoms with Crippen molar-refractivity contribution in [1.29, 1.82) is 0 Å². The van der Waals surface area contributed by atoms with Crippen LogP contribution in [0.4, 0.5) is 18.9 Å². The van der Waals surface area contributed by atoms with Gasteiger partial charge in [-0.2, -0.15) is 13.2 Å². The molecule has 30 heavy (non-hydrogen) atoms. The Kier molecular flexibility index (Phi) is 5.32. The molecule has 1 unspecified atom stereocenters. The molecule has 0 spiro atoms. The van der Waals surface area contributed by atoms with Crippen LogP contribution in [0.1, 0.15) is 41.5 Å². The number of anilines is 1. The van der Waals surface area contributed by atoms with Crippen LogP contribution in [0.15, 0.2) is 6.07 Å². The number of hydrogen-bond acceptors (Lipinski definition) is 4. The molecule has 1 aromatic carbocycles. The van der Waals surface area contributed by atoms with Crippen molar-refractivity contribution in [1.82, 2.24) is 4.90 Å². The van der Waals surface area contributed by atoms with Gasteiger partial charge in [-0.3, -0.25) is 9.59 Å². The van der Waals surface area contributed by atoms with Crippen molar-refractivity contribution < 1.29 is 31.2 Å². The zero-order valence-electron chi connectivity index (χ0n) is 16.3. The molecular formula is C20H23F3N2O4S. The van der Waals surface area contributed by atoms with E-state index < -0.39 is 45.4 Å². The molecule has 1 saturated heterocycles. The van der Waals surface area contributed by atoms with E-state index >= 15 is 0 Å². The summed E-state index contributed by atoms with van der Waals surface area (Å²) in [5.74, 6) is -3.52. The highest BCUT2D eigenvalue weighted by Crippen LogP contribution is 2.38. The summed E-state index contributed by atoms with van der Waals surface area (Å²) in [7, 11) is -3.99. The first-order valence-corrected chi connectivity index (χ1v) is 11.8. The third-order valence-electron chi connectivity index (χ3n) is 6.25. The quantitative estimate of drug-likeness (QED) is 0.772. The van der Waals surface area contributed by atoms with Gasteiger partial charge in [-0.05, 0) is 67.2 Å². The van der Waals surface area contributed by atoms with Crippen LogP contribution in [0.25, 0.3) is 0 Å². The molecule has 1 atom stereocenters. The predicted molar refractivity (Wildman–Crippen MR) is 104 cm³/mol. The molecule has 164 valence electrons. The van der Waals surface area contributed by atoms with Crippen molar-refractivity contribution in [3.8, 4) is 0 Å². The average Bonchev–Trinajstić information content (AvgIpc) is 3.39. The molecule has 6 nitrogen and oxygen atoms in total. The topological polar surface area (TPSA) is 83.6 Å². The van der Waals surface area contributed by atoms with Crippen LogP contribution >= 0.6 is 0 Å². The maximum Gasteiger partial charge on any atom is 0.471 e. The number of nitrogens with one attached hydrogen (secondary N) is 1. The maximum atomic E-state index is 12.6. The lowest BCUT2D eigenvalue weighted by atomic mass is 9.98. The van der Waals surface area contributed by atoms with Crippen molar-refractivity contribution >= 4 is 27.3 Å². The van der Waals surface area contributed by atoms with Crippen LogP contribution < -0.4 is 5.32 Å². The Morgan fingerprint density at radius 2 is 1.67 bits per heavy atom. The van der Waals surface area contributed by atoms with Crippen LogP contribution in [0.3, 0.4) is 0 Å². The molecule has 1 heterocycles. The number of amides is 2. The fourth-order valence-electron chi connectivity index (χ4n) is 4.83. The van der Waals surface area contributed by atoms with E-state index in [2.05, 4.69) is 11.4 Å². The minimum absolute atomic E-state index is 0.104. The Morgan fingerprint density at radius 1 is 1.07 bits per heavy atom. The molecule has 0 bridgehead atoms. The first-order valence-electron chi connectivity index (χ1n) is 10.1. The summed E-state index contributed by atoms with van der Waals surface area (Å²) in [5, 5.41) is 1.64. The lowest BCUT2D eigenvalue weighted by Gasteiger charge is -2.18. The molecule has 0 aromatic heterocycles. The minimum Gasteiger partial charge on any atom is -0.334 e. The average molecular weight is 444 g/mol. The molecule has 1 N–H and O–H groups in total. The molecule has 0 saturated carbocycles. The van der Waals surface area contributed by atoms with Gasteiger partial charge >= 0.3 is 12.1 Å². The van der Waals surface area contributed by atoms with E-state index in [0.29, 0.717) is 4.90 Å². The molecule has 10 heteroatoms. The Labute approximate surface area is 172 Å². The Bertz CT molecular complexity index is 972. The molecule has 3 aliphatic rings. The summed E-state index contributed by atoms with van der Waals surface area (Å²) in [6.07, 6.45) is 0.390. The Hall–Kier alpha value is -2.10. The Morgan fingerprint density at radius 3 is 2.23 bits per heavy atom. The van der Waals surface area contributed by atoms with Crippen LogP contribution in [0, 0.1) is 0 Å². The van der Waals surface area contributed by atoms with Crippen molar-refractivity contribution in [2.75, 3.05) is 24.2 Å². The number of fused-ring (bicyclic) bond motifs is 2. The number of carbonyl (C=O) groups excluding carboxylic acids is 2. The monoisotopic (exact) mass is 444 g/mol. The fraction of sp³-hybridized carbons (Fsp3) is 0.600. The van der Waals surface area contributed by atoms with Gasteiger partial charge in [0.25, 0.3) is 0 Å². The zero-order valence-corrected chi connectivity index (χ0v) is 17.2. The van der Waals surface area contributed by atoms with E-state index in [0.717, 1.165) is 55.3 Å². The summed E-state index contributed by atoms with van der Waals surface area (Å²) in [6.45, 7) is -0.826. The molecule has 0 radical (unpaired) electrons. The number of carbonyl (C=O) groups is 2. The number of likely N-dealkylation sites (tertiary alicyclic amines) is 1. The van der Waals surface area contributed by atoms with E-state index in [-0.39, 0.29) is 13.0 Å². The van der Waals surface area contributed by atoms with Crippen LogP contribution in [0.2, 0.25) is 0 Å². The molecule has 1 fully saturated rings. The lowest BCUT2D eigenvalue weighted by Crippen LogP contribution is -2.41. The second-order valence-corrected chi connectivity index (χ2v) is 10.5. The minimum atomic E-state index is -5.04. The van der Waals surface area contributed by atoms with Gasteiger partial charge in [0.2, 0.25) is 5.91 Å². The first kappa shape index (κ1) is 21.1. The van der Waals surface area contributed by atoms with Gasteiger partial charge in [-0.1, -0.05) is 6.07 Å². The van der Waals surface area contributed by atoms with Crippen molar-refractivity contribution in [3.63, 3.8) is 0 Å². The van der Waals surface area contributed by atoms with Gasteiger partial charge < -0.3 is 10.2 Å². The predicted octanol–water partition coefficient (Wildman–Crippen LogP) is 2.18. The van der Waals surface area contributed by atoms with Crippen molar-refractivity contribution in [2.45, 2.75) is 56.4 Å². The van der Waals surface area contributed by atoms with Crippen molar-refractivity contribution in [2.24, 2.45) is 0 Å². The van der Waals surface area contributed by atoms with E-state index in [1.54, 1.807) is 0 Å². The van der Waals surface area contributed by atoms with Crippen LogP contribution in [-0.2, 0) is 45.1 Å². The molecule has 2 amide bonds. The number of aryl methyl sites for hydroxylation is 2. The third-order valence-corrected chi connectivity index (χ3v) is 8.32. The summed E-state index contributed by atoms with van der Waals surface area (Å²) >= 11 is 0. The summed E-state index contributed by atoms with van der Waals surface area (Å²) in [5.41, 5.74) is 5.28. The summed E-state index contributed by atoms with van der Waals surface area (Å²) in [4.78, 5) is 24.5. The fourth-order valence-corrected chi connectivity index (χ4v) is 6.37. The number of nitrogens with zero attached hydrogens (tertiary/aromatic N) is 1. The molecule has 4 rings (SSSR count). The largest absolute Gasteiger partial charge is 0.471 e. The SMILES string of the molecule is O=C(CS(=O)(=O)C1CCN(C(=O)C(F)(F)F)C1)Nc1c2c(cc3c1CCC3)CCC2. The van der Waals surface area contributed by atoms with Crippen molar-refractivity contribution in [3.05, 3.63) is 28.3 Å². The number of sulfone groups is 1. The lowest BCUT2D eigenvalue weighted by molar-refractivity contribution is -0.184. The van der Waals surface area contributed by atoms with E-state index in [1.165, 1.54) is 11.1 Å². The van der Waals surface area contributed by atoms with Gasteiger partial charge in [0.05, 0.1) is 5.25 Å². The number of halogens is 3. The standard InChI is InChI=1S/C20H23F3N2O4S/c21-20(22,23)19(27)25-8-7-14(10-25)30(28,29)11-17(26)24-18-15-5-1-3-12(15)9-13-4-2-6-16(13)18/h9,14H,1-8,10-11H2,(H,24,26). The highest BCUT2D eigenvalue weighted by atomic mass is 32.2. The maximum absolute atomic E-state index is 12.6. The Balaban J connectivity index is 1.46. The molecule has 1 aliphatic heterocycles. The highest BCUT2D eigenvalue weighted by Gasteiger charge is 2.46. The van der Waals surface area contributed by atoms with E-state index in [9.17, 15) is 31.2 Å². The van der Waals surface area contributed by atoms with Gasteiger partial charge in [-0.15, -0.1) is 0 Å². The van der Waals surface area contributed by atoms with E-state index in [4.69, 9.17) is 0 Å². The second kappa shape index (κ2) is 7.55. The summed E-state index contributed by atoms with van der Waals surface area (Å²) in [6, 6.07) is 2.20. The number of alkyl halides is 3. The number of rotatable bonds is 4.